The molecule has 0 atom stereocenters. The van der Waals surface area contributed by atoms with Crippen LogP contribution in [-0.2, 0) is 0 Å². The fourth-order valence-corrected chi connectivity index (χ4v) is 1.59. The molecule has 2 aromatic rings. The molecule has 0 saturated carbocycles. The van der Waals surface area contributed by atoms with E-state index in [1.807, 2.05) is 0 Å². The molecule has 0 fully saturated rings. The van der Waals surface area contributed by atoms with Gasteiger partial charge < -0.3 is 5.32 Å². The lowest BCUT2D eigenvalue weighted by molar-refractivity contribution is -0.387. The van der Waals surface area contributed by atoms with Crippen molar-refractivity contribution in [3.8, 4) is 0 Å². The first-order valence-corrected chi connectivity index (χ1v) is 5.66. The second-order valence-corrected chi connectivity index (χ2v) is 4.05. The minimum atomic E-state index is -0.986. The summed E-state index contributed by atoms with van der Waals surface area (Å²) in [5.41, 5.74) is -0.00370. The number of hydrogen-bond acceptors (Lipinski definition) is 4. The number of halogens is 1. The summed E-state index contributed by atoms with van der Waals surface area (Å²) in [6, 6.07) is 6.43. The van der Waals surface area contributed by atoms with E-state index in [0.717, 1.165) is 17.7 Å². The number of nitro groups is 1. The first-order valence-electron chi connectivity index (χ1n) is 5.66. The molecule has 6 nitrogen and oxygen atoms in total. The molecule has 7 heteroatoms. The van der Waals surface area contributed by atoms with E-state index in [1.165, 1.54) is 12.3 Å². The molecule has 1 N–H and O–H groups in total. The zero-order valence-electron chi connectivity index (χ0n) is 10.5. The number of nitrogens with zero attached hydrogens (tertiary/aromatic N) is 2. The Bertz CT molecular complexity index is 688. The van der Waals surface area contributed by atoms with Crippen LogP contribution in [0.3, 0.4) is 0 Å². The summed E-state index contributed by atoms with van der Waals surface area (Å²) in [5, 5.41) is 13.1. The minimum Gasteiger partial charge on any atom is -0.306 e. The van der Waals surface area contributed by atoms with Crippen LogP contribution in [0.15, 0.2) is 36.5 Å². The van der Waals surface area contributed by atoms with Gasteiger partial charge in [-0.2, -0.15) is 4.39 Å². The van der Waals surface area contributed by atoms with Crippen LogP contribution in [0.5, 0.6) is 0 Å². The molecular formula is C13H10FN3O3. The van der Waals surface area contributed by atoms with E-state index in [4.69, 9.17) is 0 Å². The van der Waals surface area contributed by atoms with E-state index in [0.29, 0.717) is 5.82 Å². The van der Waals surface area contributed by atoms with Gasteiger partial charge in [0.1, 0.15) is 5.82 Å². The number of nitro benzene ring substituents is 1. The second-order valence-electron chi connectivity index (χ2n) is 4.05. The van der Waals surface area contributed by atoms with Crippen LogP contribution in [0, 0.1) is 22.9 Å². The van der Waals surface area contributed by atoms with Crippen LogP contribution in [0.4, 0.5) is 15.9 Å². The number of aryl methyl sites for hydroxylation is 1. The zero-order valence-corrected chi connectivity index (χ0v) is 10.5. The largest absolute Gasteiger partial charge is 0.306 e. The molecule has 1 aromatic heterocycles. The molecule has 102 valence electrons. The third-order valence-electron chi connectivity index (χ3n) is 2.65. The fourth-order valence-electron chi connectivity index (χ4n) is 1.59. The average molecular weight is 275 g/mol. The van der Waals surface area contributed by atoms with Crippen LogP contribution in [0.25, 0.3) is 0 Å². The maximum Gasteiger partial charge on any atom is 0.305 e. The summed E-state index contributed by atoms with van der Waals surface area (Å²) in [5.74, 6) is -1.22. The number of carbonyl (C=O) groups excluding carboxylic acids is 1. The standard InChI is InChI=1S/C13H10FN3O3/c1-8-3-2-6-15-12(8)16-13(18)9-4-5-10(14)11(7-9)17(19)20/h2-7H,1H3,(H,15,16,18). The van der Waals surface area contributed by atoms with Crippen LogP contribution >= 0.6 is 0 Å². The van der Waals surface area contributed by atoms with Crippen molar-refractivity contribution in [1.82, 2.24) is 4.98 Å². The Morgan fingerprint density at radius 2 is 2.15 bits per heavy atom. The summed E-state index contributed by atoms with van der Waals surface area (Å²) in [4.78, 5) is 25.7. The molecule has 0 aliphatic carbocycles. The molecule has 2 rings (SSSR count). The molecule has 0 saturated heterocycles. The zero-order chi connectivity index (χ0) is 14.7. The molecule has 20 heavy (non-hydrogen) atoms. The van der Waals surface area contributed by atoms with Crippen LogP contribution < -0.4 is 5.32 Å². The van der Waals surface area contributed by atoms with E-state index in [-0.39, 0.29) is 5.56 Å². The van der Waals surface area contributed by atoms with Gasteiger partial charge >= 0.3 is 5.69 Å². The highest BCUT2D eigenvalue weighted by molar-refractivity contribution is 6.04. The van der Waals surface area contributed by atoms with Crippen molar-refractivity contribution >= 4 is 17.4 Å². The maximum absolute atomic E-state index is 13.2. The summed E-state index contributed by atoms with van der Waals surface area (Å²) < 4.78 is 13.2. The van der Waals surface area contributed by atoms with Gasteiger partial charge in [0.25, 0.3) is 5.91 Å². The highest BCUT2D eigenvalue weighted by Crippen LogP contribution is 2.19. The Labute approximate surface area is 113 Å². The highest BCUT2D eigenvalue weighted by atomic mass is 19.1. The van der Waals surface area contributed by atoms with Gasteiger partial charge in [0.05, 0.1) is 4.92 Å². The number of aromatic nitrogens is 1. The molecular weight excluding hydrogens is 265 g/mol. The minimum absolute atomic E-state index is 0.0110. The maximum atomic E-state index is 13.2. The van der Waals surface area contributed by atoms with E-state index >= 15 is 0 Å². The monoisotopic (exact) mass is 275 g/mol. The van der Waals surface area contributed by atoms with Crippen molar-refractivity contribution in [3.05, 3.63) is 63.6 Å². The number of nitrogens with one attached hydrogen (secondary N) is 1. The SMILES string of the molecule is Cc1cccnc1NC(=O)c1ccc(F)c([N+](=O)[O-])c1. The van der Waals surface area contributed by atoms with Gasteiger partial charge in [-0.1, -0.05) is 6.07 Å². The smallest absolute Gasteiger partial charge is 0.305 e. The number of hydrogen-bond donors (Lipinski definition) is 1. The Morgan fingerprint density at radius 1 is 1.40 bits per heavy atom. The number of amides is 1. The van der Waals surface area contributed by atoms with Crippen molar-refractivity contribution in [1.29, 1.82) is 0 Å². The topological polar surface area (TPSA) is 85.1 Å². The van der Waals surface area contributed by atoms with Crippen LogP contribution in [0.2, 0.25) is 0 Å². The van der Waals surface area contributed by atoms with Gasteiger partial charge in [-0.15, -0.1) is 0 Å². The van der Waals surface area contributed by atoms with Crippen molar-refractivity contribution in [2.24, 2.45) is 0 Å². The molecule has 0 spiro atoms. The van der Waals surface area contributed by atoms with E-state index < -0.39 is 22.3 Å². The molecule has 1 heterocycles. The molecule has 0 unspecified atom stereocenters. The Hall–Kier alpha value is -2.83. The molecule has 0 radical (unpaired) electrons. The van der Waals surface area contributed by atoms with Gasteiger partial charge in [0.15, 0.2) is 0 Å². The number of anilines is 1. The van der Waals surface area contributed by atoms with E-state index in [9.17, 15) is 19.3 Å². The second kappa shape index (κ2) is 5.43. The van der Waals surface area contributed by atoms with Gasteiger partial charge in [-0.3, -0.25) is 14.9 Å². The number of pyridine rings is 1. The number of rotatable bonds is 3. The quantitative estimate of drug-likeness (QED) is 0.689. The molecule has 1 aromatic carbocycles. The van der Waals surface area contributed by atoms with Gasteiger partial charge in [0.2, 0.25) is 5.82 Å². The van der Waals surface area contributed by atoms with Gasteiger partial charge in [0, 0.05) is 17.8 Å². The molecule has 0 aliphatic rings. The number of carbonyl (C=O) groups is 1. The van der Waals surface area contributed by atoms with E-state index in [2.05, 4.69) is 10.3 Å². The van der Waals surface area contributed by atoms with Gasteiger partial charge in [-0.05, 0) is 30.7 Å². The Kier molecular flexibility index (Phi) is 3.69. The third kappa shape index (κ3) is 2.77. The summed E-state index contributed by atoms with van der Waals surface area (Å²) in [7, 11) is 0. The van der Waals surface area contributed by atoms with Gasteiger partial charge in [-0.25, -0.2) is 4.98 Å². The normalized spacial score (nSPS) is 10.1. The summed E-state index contributed by atoms with van der Waals surface area (Å²) >= 11 is 0. The lowest BCUT2D eigenvalue weighted by atomic mass is 10.1. The molecule has 1 amide bonds. The predicted molar refractivity (Wildman–Crippen MR) is 70.0 cm³/mol. The van der Waals surface area contributed by atoms with Crippen molar-refractivity contribution in [2.75, 3.05) is 5.32 Å². The Morgan fingerprint density at radius 3 is 2.80 bits per heavy atom. The predicted octanol–water partition coefficient (Wildman–Crippen LogP) is 2.69. The van der Waals surface area contributed by atoms with Crippen LogP contribution in [0.1, 0.15) is 15.9 Å². The first-order chi connectivity index (χ1) is 9.49. The highest BCUT2D eigenvalue weighted by Gasteiger charge is 2.18. The average Bonchev–Trinajstić information content (AvgIpc) is 2.41. The summed E-state index contributed by atoms with van der Waals surface area (Å²) in [6.07, 6.45) is 1.51. The third-order valence-corrected chi connectivity index (χ3v) is 2.65. The first kappa shape index (κ1) is 13.6. The summed E-state index contributed by atoms with van der Waals surface area (Å²) in [6.45, 7) is 1.76. The van der Waals surface area contributed by atoms with Crippen molar-refractivity contribution in [2.45, 2.75) is 6.92 Å². The Balaban J connectivity index is 2.28. The lowest BCUT2D eigenvalue weighted by Gasteiger charge is -2.06. The van der Waals surface area contributed by atoms with E-state index in [1.54, 1.807) is 19.1 Å². The lowest BCUT2D eigenvalue weighted by Crippen LogP contribution is -2.14. The fraction of sp³-hybridized carbons (Fsp3) is 0.0769. The molecule has 0 bridgehead atoms. The molecule has 0 aliphatic heterocycles. The van der Waals surface area contributed by atoms with Crippen molar-refractivity contribution < 1.29 is 14.1 Å². The van der Waals surface area contributed by atoms with Crippen molar-refractivity contribution in [3.63, 3.8) is 0 Å². The van der Waals surface area contributed by atoms with Crippen LogP contribution in [-0.4, -0.2) is 15.8 Å². The number of benzene rings is 1.